The molecule has 0 aliphatic heterocycles. The van der Waals surface area contributed by atoms with Crippen molar-refractivity contribution in [3.8, 4) is 5.75 Å². The van der Waals surface area contributed by atoms with Crippen LogP contribution in [0.5, 0.6) is 5.75 Å². The van der Waals surface area contributed by atoms with Crippen molar-refractivity contribution in [1.82, 2.24) is 0 Å². The molecule has 0 saturated carbocycles. The van der Waals surface area contributed by atoms with Crippen LogP contribution < -0.4 is 4.74 Å². The van der Waals surface area contributed by atoms with E-state index in [2.05, 4.69) is 6.92 Å². The van der Waals surface area contributed by atoms with Gasteiger partial charge in [-0.1, -0.05) is 91.5 Å². The number of ether oxygens (including phenoxy) is 2. The Kier molecular flexibility index (Phi) is 10.6. The zero-order valence-corrected chi connectivity index (χ0v) is 20.2. The maximum Gasteiger partial charge on any atom is 0.306 e. The fourth-order valence-corrected chi connectivity index (χ4v) is 4.33. The second kappa shape index (κ2) is 12.7. The number of carbonyl (C=O) groups excluding carboxylic acids is 1. The number of esters is 1. The smallest absolute Gasteiger partial charge is 0.306 e. The second-order valence-electron chi connectivity index (χ2n) is 7.06. The summed E-state index contributed by atoms with van der Waals surface area (Å²) in [6.45, 7) is 2.18. The van der Waals surface area contributed by atoms with Gasteiger partial charge in [0.25, 0.3) is 0 Å². The normalized spacial score (nSPS) is 11.9. The van der Waals surface area contributed by atoms with Gasteiger partial charge in [0.15, 0.2) is 6.10 Å². The lowest BCUT2D eigenvalue weighted by Crippen LogP contribution is -2.14. The first-order chi connectivity index (χ1) is 14.4. The average Bonchev–Trinajstić information content (AvgIpc) is 2.69. The molecule has 0 spiro atoms. The van der Waals surface area contributed by atoms with Crippen LogP contribution in [0.2, 0.25) is 20.1 Å². The Hall–Kier alpha value is -1.13. The van der Waals surface area contributed by atoms with Gasteiger partial charge < -0.3 is 9.47 Å². The van der Waals surface area contributed by atoms with E-state index >= 15 is 0 Å². The van der Waals surface area contributed by atoms with E-state index in [0.29, 0.717) is 43.4 Å². The predicted octanol–water partition coefficient (Wildman–Crippen LogP) is 8.69. The van der Waals surface area contributed by atoms with Crippen LogP contribution in [0.25, 0.3) is 0 Å². The quantitative estimate of drug-likeness (QED) is 0.233. The van der Waals surface area contributed by atoms with E-state index < -0.39 is 6.10 Å². The van der Waals surface area contributed by atoms with Gasteiger partial charge in [0.1, 0.15) is 5.75 Å². The van der Waals surface area contributed by atoms with E-state index in [9.17, 15) is 4.79 Å². The molecule has 2 aromatic carbocycles. The van der Waals surface area contributed by atoms with Crippen molar-refractivity contribution in [3.63, 3.8) is 0 Å². The first-order valence-electron chi connectivity index (χ1n) is 10.0. The molecule has 30 heavy (non-hydrogen) atoms. The summed E-state index contributed by atoms with van der Waals surface area (Å²) in [5, 5.41) is 1.49. The molecule has 0 aromatic heterocycles. The number of benzene rings is 2. The summed E-state index contributed by atoms with van der Waals surface area (Å²) in [6, 6.07) is 8.24. The van der Waals surface area contributed by atoms with E-state index in [1.165, 1.54) is 26.4 Å². The third-order valence-electron chi connectivity index (χ3n) is 4.78. The first-order valence-corrected chi connectivity index (χ1v) is 11.6. The van der Waals surface area contributed by atoms with Crippen LogP contribution in [0.15, 0.2) is 30.3 Å². The third-order valence-corrected chi connectivity index (χ3v) is 5.97. The van der Waals surface area contributed by atoms with E-state index in [0.717, 1.165) is 19.3 Å². The van der Waals surface area contributed by atoms with Gasteiger partial charge in [-0.3, -0.25) is 4.79 Å². The fourth-order valence-electron chi connectivity index (χ4n) is 3.16. The molecule has 0 heterocycles. The van der Waals surface area contributed by atoms with Crippen LogP contribution in [0, 0.1) is 0 Å². The van der Waals surface area contributed by atoms with E-state index in [4.69, 9.17) is 55.9 Å². The fraction of sp³-hybridized carbons (Fsp3) is 0.435. The summed E-state index contributed by atoms with van der Waals surface area (Å²) >= 11 is 25.4. The Morgan fingerprint density at radius 3 is 2.13 bits per heavy atom. The van der Waals surface area contributed by atoms with Gasteiger partial charge in [-0.15, -0.1) is 0 Å². The topological polar surface area (TPSA) is 35.5 Å². The lowest BCUT2D eigenvalue weighted by molar-refractivity contribution is -0.147. The van der Waals surface area contributed by atoms with E-state index in [-0.39, 0.29) is 5.97 Å². The molecule has 0 aliphatic rings. The largest absolute Gasteiger partial charge is 0.497 e. The molecule has 7 heteroatoms. The van der Waals surface area contributed by atoms with E-state index in [1.54, 1.807) is 30.3 Å². The Labute approximate surface area is 198 Å². The number of hydrogen-bond donors (Lipinski definition) is 0. The predicted molar refractivity (Wildman–Crippen MR) is 125 cm³/mol. The van der Waals surface area contributed by atoms with Crippen LogP contribution in [-0.2, 0) is 9.53 Å². The molecule has 0 radical (unpaired) electrons. The monoisotopic (exact) mass is 490 g/mol. The zero-order chi connectivity index (χ0) is 22.1. The molecule has 0 fully saturated rings. The number of unbranched alkanes of at least 4 members (excludes halogenated alkanes) is 5. The van der Waals surface area contributed by atoms with Crippen LogP contribution in [0.3, 0.4) is 0 Å². The van der Waals surface area contributed by atoms with Crippen LogP contribution in [-0.4, -0.2) is 13.1 Å². The summed E-state index contributed by atoms with van der Waals surface area (Å²) in [4.78, 5) is 12.6. The minimum absolute atomic E-state index is 0.319. The molecule has 0 bridgehead atoms. The van der Waals surface area contributed by atoms with Crippen molar-refractivity contribution in [2.75, 3.05) is 7.11 Å². The van der Waals surface area contributed by atoms with Gasteiger partial charge >= 0.3 is 5.97 Å². The minimum Gasteiger partial charge on any atom is -0.497 e. The maximum atomic E-state index is 12.6. The summed E-state index contributed by atoms with van der Waals surface area (Å²) in [5.74, 6) is 0.178. The molecular formula is C23H26Cl4O3. The highest BCUT2D eigenvalue weighted by molar-refractivity contribution is 6.37. The average molecular weight is 492 g/mol. The highest BCUT2D eigenvalue weighted by Crippen LogP contribution is 2.42. The van der Waals surface area contributed by atoms with Crippen molar-refractivity contribution in [2.24, 2.45) is 0 Å². The number of rotatable bonds is 11. The summed E-state index contributed by atoms with van der Waals surface area (Å²) in [7, 11) is 1.52. The molecule has 0 saturated heterocycles. The van der Waals surface area contributed by atoms with E-state index in [1.807, 2.05) is 0 Å². The number of halogens is 4. The standard InChI is InChI=1S/C23H26Cl4O3/c1-3-4-5-6-7-8-9-21(28)30-23(17-11-10-15(24)12-18(17)25)22-19(26)13-16(29-2)14-20(22)27/h10-14,23H,3-9H2,1-2H3. The van der Waals surface area contributed by atoms with Crippen LogP contribution in [0.1, 0.15) is 69.1 Å². The van der Waals surface area contributed by atoms with Crippen LogP contribution >= 0.6 is 46.4 Å². The second-order valence-corrected chi connectivity index (χ2v) is 8.72. The van der Waals surface area contributed by atoms with Gasteiger partial charge in [-0.2, -0.15) is 0 Å². The van der Waals surface area contributed by atoms with Gasteiger partial charge in [0, 0.05) is 27.6 Å². The molecule has 2 aromatic rings. The zero-order valence-electron chi connectivity index (χ0n) is 17.2. The van der Waals surface area contributed by atoms with Gasteiger partial charge in [-0.05, 0) is 30.7 Å². The van der Waals surface area contributed by atoms with Crippen LogP contribution in [0.4, 0.5) is 0 Å². The van der Waals surface area contributed by atoms with Crippen molar-refractivity contribution >= 4 is 52.4 Å². The first kappa shape index (κ1) is 25.1. The van der Waals surface area contributed by atoms with Gasteiger partial charge in [0.05, 0.1) is 17.2 Å². The molecule has 164 valence electrons. The number of carbonyl (C=O) groups is 1. The minimum atomic E-state index is -0.853. The highest BCUT2D eigenvalue weighted by Gasteiger charge is 2.27. The molecule has 0 N–H and O–H groups in total. The third kappa shape index (κ3) is 7.23. The SMILES string of the molecule is CCCCCCCCC(=O)OC(c1ccc(Cl)cc1Cl)c1c(Cl)cc(OC)cc1Cl. The molecule has 0 aliphatic carbocycles. The summed E-state index contributed by atoms with van der Waals surface area (Å²) in [6.07, 6.45) is 5.94. The lowest BCUT2D eigenvalue weighted by Gasteiger charge is -2.22. The number of hydrogen-bond acceptors (Lipinski definition) is 3. The summed E-state index contributed by atoms with van der Waals surface area (Å²) in [5.41, 5.74) is 1.02. The Balaban J connectivity index is 2.24. The van der Waals surface area contributed by atoms with Crippen molar-refractivity contribution < 1.29 is 14.3 Å². The van der Waals surface area contributed by atoms with Crippen molar-refractivity contribution in [1.29, 1.82) is 0 Å². The molecule has 2 rings (SSSR count). The summed E-state index contributed by atoms with van der Waals surface area (Å²) < 4.78 is 11.0. The molecular weight excluding hydrogens is 466 g/mol. The van der Waals surface area contributed by atoms with Crippen molar-refractivity contribution in [2.45, 2.75) is 58.0 Å². The maximum absolute atomic E-state index is 12.6. The Morgan fingerprint density at radius 1 is 0.900 bits per heavy atom. The molecule has 0 amide bonds. The number of methoxy groups -OCH3 is 1. The lowest BCUT2D eigenvalue weighted by atomic mass is 10.0. The Bertz CT molecular complexity index is 831. The molecule has 3 nitrogen and oxygen atoms in total. The Morgan fingerprint density at radius 2 is 1.53 bits per heavy atom. The highest BCUT2D eigenvalue weighted by atomic mass is 35.5. The van der Waals surface area contributed by atoms with Crippen molar-refractivity contribution in [3.05, 3.63) is 61.5 Å². The van der Waals surface area contributed by atoms with Gasteiger partial charge in [-0.25, -0.2) is 0 Å². The molecule has 1 unspecified atom stereocenters. The molecule has 1 atom stereocenters. The van der Waals surface area contributed by atoms with Gasteiger partial charge in [0.2, 0.25) is 0 Å².